The van der Waals surface area contributed by atoms with Crippen LogP contribution in [0.1, 0.15) is 20.8 Å². The molecule has 1 atom stereocenters. The summed E-state index contributed by atoms with van der Waals surface area (Å²) >= 11 is 9.12. The SMILES string of the molecule is CC(C)C(C)Oc1ncc(Cl)cc1Br. The molecule has 0 saturated carbocycles. The quantitative estimate of drug-likeness (QED) is 0.836. The fourth-order valence-electron chi connectivity index (χ4n) is 0.801. The molecular weight excluding hydrogens is 265 g/mol. The second-order valence-corrected chi connectivity index (χ2v) is 4.80. The Morgan fingerprint density at radius 2 is 2.07 bits per heavy atom. The van der Waals surface area contributed by atoms with E-state index in [0.29, 0.717) is 16.8 Å². The van der Waals surface area contributed by atoms with Crippen molar-refractivity contribution in [3.8, 4) is 5.88 Å². The second-order valence-electron chi connectivity index (χ2n) is 3.51. The van der Waals surface area contributed by atoms with Gasteiger partial charge in [0.15, 0.2) is 0 Å². The molecule has 0 spiro atoms. The summed E-state index contributed by atoms with van der Waals surface area (Å²) in [6.45, 7) is 6.23. The van der Waals surface area contributed by atoms with E-state index < -0.39 is 0 Å². The molecule has 4 heteroatoms. The van der Waals surface area contributed by atoms with E-state index in [2.05, 4.69) is 34.8 Å². The lowest BCUT2D eigenvalue weighted by molar-refractivity contribution is 0.162. The Labute approximate surface area is 97.8 Å². The van der Waals surface area contributed by atoms with E-state index in [9.17, 15) is 0 Å². The Hall–Kier alpha value is -0.280. The maximum atomic E-state index is 5.77. The molecule has 0 saturated heterocycles. The predicted molar refractivity (Wildman–Crippen MR) is 61.9 cm³/mol. The van der Waals surface area contributed by atoms with Gasteiger partial charge in [0.25, 0.3) is 0 Å². The van der Waals surface area contributed by atoms with Crippen molar-refractivity contribution in [3.05, 3.63) is 21.8 Å². The summed E-state index contributed by atoms with van der Waals surface area (Å²) in [6, 6.07) is 1.77. The summed E-state index contributed by atoms with van der Waals surface area (Å²) in [5.41, 5.74) is 0. The van der Waals surface area contributed by atoms with Crippen LogP contribution in [0.25, 0.3) is 0 Å². The molecule has 1 aromatic rings. The van der Waals surface area contributed by atoms with Gasteiger partial charge in [-0.1, -0.05) is 25.4 Å². The van der Waals surface area contributed by atoms with Crippen LogP contribution in [0.2, 0.25) is 5.02 Å². The van der Waals surface area contributed by atoms with Gasteiger partial charge >= 0.3 is 0 Å². The lowest BCUT2D eigenvalue weighted by Gasteiger charge is -2.17. The number of hydrogen-bond donors (Lipinski definition) is 0. The minimum atomic E-state index is 0.139. The standard InChI is InChI=1S/C10H13BrClNO/c1-6(2)7(3)14-10-9(11)4-8(12)5-13-10/h4-7H,1-3H3. The van der Waals surface area contributed by atoms with Gasteiger partial charge in [-0.15, -0.1) is 0 Å². The predicted octanol–water partition coefficient (Wildman–Crippen LogP) is 3.92. The highest BCUT2D eigenvalue weighted by molar-refractivity contribution is 9.10. The van der Waals surface area contributed by atoms with Crippen molar-refractivity contribution in [3.63, 3.8) is 0 Å². The molecule has 0 amide bonds. The van der Waals surface area contributed by atoms with Crippen molar-refractivity contribution in [2.24, 2.45) is 5.92 Å². The monoisotopic (exact) mass is 277 g/mol. The molecule has 14 heavy (non-hydrogen) atoms. The summed E-state index contributed by atoms with van der Waals surface area (Å²) in [7, 11) is 0. The van der Waals surface area contributed by atoms with E-state index in [4.69, 9.17) is 16.3 Å². The molecule has 1 aromatic heterocycles. The minimum Gasteiger partial charge on any atom is -0.474 e. The number of ether oxygens (including phenoxy) is 1. The van der Waals surface area contributed by atoms with Gasteiger partial charge in [0.2, 0.25) is 5.88 Å². The zero-order valence-electron chi connectivity index (χ0n) is 8.42. The number of hydrogen-bond acceptors (Lipinski definition) is 2. The third-order valence-electron chi connectivity index (χ3n) is 2.01. The van der Waals surface area contributed by atoms with Crippen LogP contribution >= 0.6 is 27.5 Å². The maximum absolute atomic E-state index is 5.77. The van der Waals surface area contributed by atoms with Gasteiger partial charge in [-0.25, -0.2) is 4.98 Å². The van der Waals surface area contributed by atoms with Crippen molar-refractivity contribution in [1.29, 1.82) is 0 Å². The topological polar surface area (TPSA) is 22.1 Å². The van der Waals surface area contributed by atoms with Crippen molar-refractivity contribution in [1.82, 2.24) is 4.98 Å². The fourth-order valence-corrected chi connectivity index (χ4v) is 1.53. The minimum absolute atomic E-state index is 0.139. The summed E-state index contributed by atoms with van der Waals surface area (Å²) in [6.07, 6.45) is 1.72. The molecule has 1 rings (SSSR count). The first-order valence-corrected chi connectivity index (χ1v) is 5.65. The lowest BCUT2D eigenvalue weighted by Crippen LogP contribution is -2.19. The van der Waals surface area contributed by atoms with Gasteiger partial charge < -0.3 is 4.74 Å². The van der Waals surface area contributed by atoms with Gasteiger partial charge in [-0.3, -0.25) is 0 Å². The van der Waals surface area contributed by atoms with Crippen LogP contribution < -0.4 is 4.74 Å². The highest BCUT2D eigenvalue weighted by atomic mass is 79.9. The average molecular weight is 279 g/mol. The Bertz CT molecular complexity index is 317. The summed E-state index contributed by atoms with van der Waals surface area (Å²) in [4.78, 5) is 4.10. The first kappa shape index (κ1) is 11.8. The first-order valence-electron chi connectivity index (χ1n) is 4.48. The average Bonchev–Trinajstić information content (AvgIpc) is 2.09. The molecule has 0 aliphatic carbocycles. The highest BCUT2D eigenvalue weighted by Gasteiger charge is 2.11. The van der Waals surface area contributed by atoms with Gasteiger partial charge in [-0.05, 0) is 34.8 Å². The highest BCUT2D eigenvalue weighted by Crippen LogP contribution is 2.26. The Morgan fingerprint density at radius 3 is 2.57 bits per heavy atom. The third kappa shape index (κ3) is 3.14. The second kappa shape index (κ2) is 4.99. The zero-order valence-corrected chi connectivity index (χ0v) is 10.8. The molecule has 1 heterocycles. The van der Waals surface area contributed by atoms with E-state index in [1.165, 1.54) is 0 Å². The van der Waals surface area contributed by atoms with Crippen LogP contribution in [0.15, 0.2) is 16.7 Å². The van der Waals surface area contributed by atoms with Crippen LogP contribution in [-0.2, 0) is 0 Å². The van der Waals surface area contributed by atoms with E-state index in [1.54, 1.807) is 12.3 Å². The number of nitrogens with zero attached hydrogens (tertiary/aromatic N) is 1. The largest absolute Gasteiger partial charge is 0.474 e. The fraction of sp³-hybridized carbons (Fsp3) is 0.500. The smallest absolute Gasteiger partial charge is 0.228 e. The van der Waals surface area contributed by atoms with E-state index in [-0.39, 0.29) is 6.10 Å². The molecule has 0 fully saturated rings. The summed E-state index contributed by atoms with van der Waals surface area (Å²) in [5, 5.41) is 0.599. The molecule has 78 valence electrons. The van der Waals surface area contributed by atoms with Crippen LogP contribution in [-0.4, -0.2) is 11.1 Å². The van der Waals surface area contributed by atoms with E-state index in [1.807, 2.05) is 6.92 Å². The number of rotatable bonds is 3. The zero-order chi connectivity index (χ0) is 10.7. The van der Waals surface area contributed by atoms with Gasteiger partial charge in [-0.2, -0.15) is 0 Å². The normalized spacial score (nSPS) is 13.0. The molecule has 0 radical (unpaired) electrons. The molecule has 0 aliphatic rings. The number of aromatic nitrogens is 1. The molecule has 2 nitrogen and oxygen atoms in total. The summed E-state index contributed by atoms with van der Waals surface area (Å²) < 4.78 is 6.43. The van der Waals surface area contributed by atoms with Gasteiger partial charge in [0.1, 0.15) is 0 Å². The summed E-state index contributed by atoms with van der Waals surface area (Å²) in [5.74, 6) is 1.05. The third-order valence-corrected chi connectivity index (χ3v) is 2.79. The van der Waals surface area contributed by atoms with Crippen molar-refractivity contribution < 1.29 is 4.74 Å². The Kier molecular flexibility index (Phi) is 4.20. The molecule has 0 N–H and O–H groups in total. The maximum Gasteiger partial charge on any atom is 0.228 e. The number of pyridine rings is 1. The van der Waals surface area contributed by atoms with Crippen LogP contribution in [0.4, 0.5) is 0 Å². The molecular formula is C10H13BrClNO. The first-order chi connectivity index (χ1) is 6.50. The van der Waals surface area contributed by atoms with Crippen LogP contribution in [0.5, 0.6) is 5.88 Å². The molecule has 0 bridgehead atoms. The Balaban J connectivity index is 2.77. The van der Waals surface area contributed by atoms with Crippen molar-refractivity contribution in [2.75, 3.05) is 0 Å². The molecule has 0 aromatic carbocycles. The van der Waals surface area contributed by atoms with Gasteiger partial charge in [0.05, 0.1) is 15.6 Å². The molecule has 1 unspecified atom stereocenters. The number of halogens is 2. The van der Waals surface area contributed by atoms with Gasteiger partial charge in [0, 0.05) is 6.20 Å². The Morgan fingerprint density at radius 1 is 1.43 bits per heavy atom. The van der Waals surface area contributed by atoms with E-state index >= 15 is 0 Å². The van der Waals surface area contributed by atoms with Crippen molar-refractivity contribution in [2.45, 2.75) is 26.9 Å². The van der Waals surface area contributed by atoms with Crippen LogP contribution in [0.3, 0.4) is 0 Å². The molecule has 0 aliphatic heterocycles. The lowest BCUT2D eigenvalue weighted by atomic mass is 10.1. The van der Waals surface area contributed by atoms with Crippen LogP contribution in [0, 0.1) is 5.92 Å². The van der Waals surface area contributed by atoms with Crippen molar-refractivity contribution >= 4 is 27.5 Å². The van der Waals surface area contributed by atoms with E-state index in [0.717, 1.165) is 4.47 Å².